The lowest BCUT2D eigenvalue weighted by Crippen LogP contribution is -2.35. The van der Waals surface area contributed by atoms with Gasteiger partial charge in [0.25, 0.3) is 5.91 Å². The lowest BCUT2D eigenvalue weighted by molar-refractivity contribution is 0.0773. The molecule has 7 heteroatoms. The van der Waals surface area contributed by atoms with Gasteiger partial charge in [-0.05, 0) is 26.0 Å². The minimum atomic E-state index is -3.43. The summed E-state index contributed by atoms with van der Waals surface area (Å²) < 4.78 is 24.9. The van der Waals surface area contributed by atoms with Crippen LogP contribution in [0.1, 0.15) is 35.6 Å². The highest BCUT2D eigenvalue weighted by Crippen LogP contribution is 2.13. The molecule has 0 radical (unpaired) electrons. The quantitative estimate of drug-likeness (QED) is 0.756. The summed E-state index contributed by atoms with van der Waals surface area (Å²) in [6.45, 7) is 6.20. The number of rotatable bonds is 7. The van der Waals surface area contributed by atoms with E-state index in [2.05, 4.69) is 9.97 Å². The molecular weight excluding hydrogens is 338 g/mol. The Morgan fingerprint density at radius 3 is 2.20 bits per heavy atom. The summed E-state index contributed by atoms with van der Waals surface area (Å²) in [4.78, 5) is 22.5. The van der Waals surface area contributed by atoms with Gasteiger partial charge in [-0.15, -0.1) is 0 Å². The lowest BCUT2D eigenvalue weighted by atomic mass is 10.2. The molecule has 6 nitrogen and oxygen atoms in total. The zero-order valence-electron chi connectivity index (χ0n) is 14.8. The van der Waals surface area contributed by atoms with Crippen LogP contribution >= 0.6 is 0 Å². The van der Waals surface area contributed by atoms with Crippen molar-refractivity contribution in [3.8, 4) is 0 Å². The van der Waals surface area contributed by atoms with E-state index in [1.807, 2.05) is 20.8 Å². The number of hydrogen-bond donors (Lipinski definition) is 0. The van der Waals surface area contributed by atoms with Crippen molar-refractivity contribution < 1.29 is 13.2 Å². The molecule has 0 spiro atoms. The van der Waals surface area contributed by atoms with Crippen LogP contribution in [0, 0.1) is 6.92 Å². The van der Waals surface area contributed by atoms with E-state index in [0.29, 0.717) is 24.4 Å². The van der Waals surface area contributed by atoms with Crippen molar-refractivity contribution >= 4 is 15.7 Å². The number of aryl methyl sites for hydroxylation is 2. The number of sulfone groups is 1. The van der Waals surface area contributed by atoms with E-state index < -0.39 is 9.84 Å². The van der Waals surface area contributed by atoms with Crippen LogP contribution < -0.4 is 0 Å². The Morgan fingerprint density at radius 2 is 1.68 bits per heavy atom. The van der Waals surface area contributed by atoms with Crippen LogP contribution in [0.15, 0.2) is 41.6 Å². The van der Waals surface area contributed by atoms with Crippen molar-refractivity contribution in [3.63, 3.8) is 0 Å². The molecule has 0 aliphatic rings. The minimum absolute atomic E-state index is 0.121. The first-order chi connectivity index (χ1) is 11.9. The number of amides is 1. The minimum Gasteiger partial charge on any atom is -0.338 e. The molecule has 0 saturated carbocycles. The average molecular weight is 361 g/mol. The van der Waals surface area contributed by atoms with Crippen LogP contribution in [0.5, 0.6) is 0 Å². The first-order valence-corrected chi connectivity index (χ1v) is 9.92. The molecule has 1 amide bonds. The first kappa shape index (κ1) is 19.1. The molecule has 0 aliphatic heterocycles. The van der Waals surface area contributed by atoms with E-state index in [1.165, 1.54) is 17.3 Å². The van der Waals surface area contributed by atoms with E-state index in [1.54, 1.807) is 24.3 Å². The van der Waals surface area contributed by atoms with Crippen molar-refractivity contribution in [2.75, 3.05) is 18.8 Å². The summed E-state index contributed by atoms with van der Waals surface area (Å²) in [6, 6.07) is 6.73. The van der Waals surface area contributed by atoms with Gasteiger partial charge >= 0.3 is 0 Å². The molecular formula is C18H23N3O3S. The highest BCUT2D eigenvalue weighted by molar-refractivity contribution is 7.91. The Bertz CT molecular complexity index is 816. The molecule has 1 aromatic carbocycles. The van der Waals surface area contributed by atoms with Crippen molar-refractivity contribution in [1.29, 1.82) is 0 Å². The third kappa shape index (κ3) is 4.85. The smallest absolute Gasteiger partial charge is 0.257 e. The maximum Gasteiger partial charge on any atom is 0.257 e. The Kier molecular flexibility index (Phi) is 6.25. The topological polar surface area (TPSA) is 80.2 Å². The van der Waals surface area contributed by atoms with Gasteiger partial charge < -0.3 is 4.90 Å². The van der Waals surface area contributed by atoms with Gasteiger partial charge in [0.2, 0.25) is 0 Å². The van der Waals surface area contributed by atoms with Crippen LogP contribution in [0.2, 0.25) is 0 Å². The molecule has 0 saturated heterocycles. The summed E-state index contributed by atoms with van der Waals surface area (Å²) >= 11 is 0. The van der Waals surface area contributed by atoms with Crippen molar-refractivity contribution in [1.82, 2.24) is 14.9 Å². The van der Waals surface area contributed by atoms with Crippen molar-refractivity contribution in [2.24, 2.45) is 0 Å². The largest absolute Gasteiger partial charge is 0.338 e. The van der Waals surface area contributed by atoms with E-state index in [4.69, 9.17) is 0 Å². The predicted octanol–water partition coefficient (Wildman–Crippen LogP) is 2.28. The maximum atomic E-state index is 12.5. The zero-order chi connectivity index (χ0) is 18.4. The summed E-state index contributed by atoms with van der Waals surface area (Å²) in [5, 5.41) is 0. The standard InChI is InChI=1S/C18H23N3O3S/c1-4-17-19-12-15(13-20-17)18(22)21(5-2)10-11-25(23,24)16-8-6-14(3)7-9-16/h6-9,12-13H,4-5,10-11H2,1-3H3. The van der Waals surface area contributed by atoms with Gasteiger partial charge in [-0.2, -0.15) is 0 Å². The molecule has 2 aromatic rings. The highest BCUT2D eigenvalue weighted by Gasteiger charge is 2.20. The Labute approximate surface area is 148 Å². The summed E-state index contributed by atoms with van der Waals surface area (Å²) in [7, 11) is -3.43. The third-order valence-electron chi connectivity index (χ3n) is 3.95. The second-order valence-corrected chi connectivity index (χ2v) is 7.87. The molecule has 134 valence electrons. The molecule has 1 aromatic heterocycles. The lowest BCUT2D eigenvalue weighted by Gasteiger charge is -2.20. The number of nitrogens with zero attached hydrogens (tertiary/aromatic N) is 3. The number of carbonyl (C=O) groups excluding carboxylic acids is 1. The Balaban J connectivity index is 2.08. The Morgan fingerprint density at radius 1 is 1.08 bits per heavy atom. The van der Waals surface area contributed by atoms with Crippen LogP contribution in [-0.4, -0.2) is 48.0 Å². The predicted molar refractivity (Wildman–Crippen MR) is 96.2 cm³/mol. The molecule has 2 rings (SSSR count). The third-order valence-corrected chi connectivity index (χ3v) is 5.66. The second-order valence-electron chi connectivity index (χ2n) is 5.76. The molecule has 1 heterocycles. The van der Waals surface area contributed by atoms with Gasteiger partial charge in [-0.3, -0.25) is 4.79 Å². The molecule has 0 N–H and O–H groups in total. The van der Waals surface area contributed by atoms with Crippen molar-refractivity contribution in [2.45, 2.75) is 32.1 Å². The first-order valence-electron chi connectivity index (χ1n) is 8.27. The summed E-state index contributed by atoms with van der Waals surface area (Å²) in [6.07, 6.45) is 3.68. The molecule has 25 heavy (non-hydrogen) atoms. The summed E-state index contributed by atoms with van der Waals surface area (Å²) in [5.41, 5.74) is 1.37. The number of carbonyl (C=O) groups is 1. The normalized spacial score (nSPS) is 11.3. The van der Waals surface area contributed by atoms with Crippen molar-refractivity contribution in [3.05, 3.63) is 53.6 Å². The van der Waals surface area contributed by atoms with Gasteiger partial charge in [0.05, 0.1) is 16.2 Å². The Hall–Kier alpha value is -2.28. The zero-order valence-corrected chi connectivity index (χ0v) is 15.6. The van der Waals surface area contributed by atoms with Gasteiger partial charge in [0, 0.05) is 31.9 Å². The number of benzene rings is 1. The molecule has 0 atom stereocenters. The van der Waals surface area contributed by atoms with E-state index in [-0.39, 0.29) is 23.1 Å². The van der Waals surface area contributed by atoms with Crippen LogP contribution in [0.3, 0.4) is 0 Å². The van der Waals surface area contributed by atoms with E-state index >= 15 is 0 Å². The van der Waals surface area contributed by atoms with Crippen LogP contribution in [0.4, 0.5) is 0 Å². The fourth-order valence-corrected chi connectivity index (χ4v) is 3.57. The van der Waals surface area contributed by atoms with Gasteiger partial charge in [-0.1, -0.05) is 24.6 Å². The van der Waals surface area contributed by atoms with Crippen LogP contribution in [-0.2, 0) is 16.3 Å². The van der Waals surface area contributed by atoms with E-state index in [0.717, 1.165) is 5.56 Å². The number of aromatic nitrogens is 2. The molecule has 0 bridgehead atoms. The summed E-state index contributed by atoms with van der Waals surface area (Å²) in [5.74, 6) is 0.287. The SMILES string of the molecule is CCc1ncc(C(=O)N(CC)CCS(=O)(=O)c2ccc(C)cc2)cn1. The monoisotopic (exact) mass is 361 g/mol. The molecule has 0 aliphatic carbocycles. The van der Waals surface area contributed by atoms with Gasteiger partial charge in [0.15, 0.2) is 9.84 Å². The van der Waals surface area contributed by atoms with Crippen LogP contribution in [0.25, 0.3) is 0 Å². The molecule has 0 fully saturated rings. The maximum absolute atomic E-state index is 12.5. The van der Waals surface area contributed by atoms with Gasteiger partial charge in [-0.25, -0.2) is 18.4 Å². The fourth-order valence-electron chi connectivity index (χ4n) is 2.33. The molecule has 0 unspecified atom stereocenters. The highest BCUT2D eigenvalue weighted by atomic mass is 32.2. The number of hydrogen-bond acceptors (Lipinski definition) is 5. The average Bonchev–Trinajstić information content (AvgIpc) is 2.62. The van der Waals surface area contributed by atoms with Gasteiger partial charge in [0.1, 0.15) is 5.82 Å². The van der Waals surface area contributed by atoms with E-state index in [9.17, 15) is 13.2 Å². The fraction of sp³-hybridized carbons (Fsp3) is 0.389. The second kappa shape index (κ2) is 8.20.